The normalized spacial score (nSPS) is 12.0. The summed E-state index contributed by atoms with van der Waals surface area (Å²) < 4.78 is 175. The van der Waals surface area contributed by atoms with Gasteiger partial charge in [-0.15, -0.1) is 15.3 Å². The molecule has 0 amide bonds. The first-order chi connectivity index (χ1) is 31.5. The molecule has 5 aromatic carbocycles. The molecule has 6 rings (SSSR count). The molecule has 0 spiro atoms. The predicted molar refractivity (Wildman–Crippen MR) is 230 cm³/mol. The Bertz CT molecular complexity index is 3700. The van der Waals surface area contributed by atoms with E-state index in [0.29, 0.717) is 12.1 Å². The van der Waals surface area contributed by atoms with Gasteiger partial charge in [0.05, 0.1) is 47.0 Å². The van der Waals surface area contributed by atoms with Crippen LogP contribution in [0.2, 0.25) is 5.28 Å². The Morgan fingerprint density at radius 2 is 1.12 bits per heavy atom. The summed E-state index contributed by atoms with van der Waals surface area (Å²) in [6.07, 6.45) is 0. The van der Waals surface area contributed by atoms with Crippen LogP contribution in [0.25, 0.3) is 10.8 Å². The van der Waals surface area contributed by atoms with E-state index in [1.165, 1.54) is 24.3 Å². The van der Waals surface area contributed by atoms with Crippen molar-refractivity contribution >= 4 is 130 Å². The second-order valence-corrected chi connectivity index (χ2v) is 21.3. The minimum atomic E-state index is -5.73. The fourth-order valence-electron chi connectivity index (χ4n) is 5.75. The van der Waals surface area contributed by atoms with Crippen molar-refractivity contribution in [1.82, 2.24) is 15.0 Å². The molecule has 37 heteroatoms. The number of hydrogen-bond donors (Lipinski definition) is 4. The van der Waals surface area contributed by atoms with E-state index in [-0.39, 0.29) is 159 Å². The van der Waals surface area contributed by atoms with E-state index in [4.69, 9.17) is 22.1 Å². The fourth-order valence-corrected chi connectivity index (χ4v) is 9.36. The van der Waals surface area contributed by atoms with Gasteiger partial charge in [-0.2, -0.15) is 20.1 Å². The van der Waals surface area contributed by atoms with Gasteiger partial charge in [0.25, 0.3) is 0 Å². The van der Waals surface area contributed by atoms with Crippen LogP contribution in [0.5, 0.6) is 5.75 Å². The number of azo groups is 2. The van der Waals surface area contributed by atoms with Gasteiger partial charge in [0.1, 0.15) is 64.1 Å². The van der Waals surface area contributed by atoms with Gasteiger partial charge in [0.2, 0.25) is 17.2 Å². The molecular formula is C35H25ClN10Na4O17S5. The molecule has 358 valence electrons. The number of carbonyl (C=O) groups excluding carboxylic acids is 1. The van der Waals surface area contributed by atoms with Crippen LogP contribution in [0, 0.1) is 0 Å². The number of anilines is 5. The number of nitrogens with two attached hydrogens (primary N) is 1. The zero-order valence-corrected chi connectivity index (χ0v) is 50.4. The number of phenolic OH excluding ortho intramolecular Hbond substituents is 1. The Kier molecular flexibility index (Phi) is 23.4. The number of esters is 1. The SMILES string of the molecule is CC(=O)OCCS(=O)(=O)c1ccc(Nc2nc(Cl)nc(Nc3ccc(S(=O)(=O)[O-])c(N=Nc4c(S(=O)(=O)[O-])cc5cc(S(=O)(=O)[O-])c(N=Nc6ccc(S(=O)(=O)[O-])cc6)c(N)c5c4O)c3)n2)cc1.[Na+].[Na+].[Na+].[Na+]. The molecule has 1 heterocycles. The molecule has 0 aliphatic rings. The summed E-state index contributed by atoms with van der Waals surface area (Å²) in [4.78, 5) is 18.4. The number of sulfone groups is 1. The third kappa shape index (κ3) is 16.6. The summed E-state index contributed by atoms with van der Waals surface area (Å²) in [5.74, 6) is -3.01. The molecule has 0 unspecified atom stereocenters. The molecule has 0 saturated carbocycles. The molecule has 6 aromatic rings. The van der Waals surface area contributed by atoms with Gasteiger partial charge in [-0.1, -0.05) is 0 Å². The quantitative estimate of drug-likeness (QED) is 0.0230. The molecule has 27 nitrogen and oxygen atoms in total. The number of rotatable bonds is 16. The third-order valence-corrected chi connectivity index (χ3v) is 14.0. The average Bonchev–Trinajstić information content (AvgIpc) is 3.21. The van der Waals surface area contributed by atoms with E-state index in [1.54, 1.807) is 0 Å². The van der Waals surface area contributed by atoms with Crippen LogP contribution in [-0.4, -0.2) is 98.7 Å². The number of ether oxygens (including phenoxy) is 1. The number of nitrogen functional groups attached to an aromatic ring is 1. The molecule has 1 aromatic heterocycles. The maximum absolute atomic E-state index is 12.6. The van der Waals surface area contributed by atoms with Crippen LogP contribution >= 0.6 is 11.6 Å². The minimum Gasteiger partial charge on any atom is -0.744 e. The first-order valence-corrected chi connectivity index (χ1v) is 25.6. The monoisotopic (exact) mass is 1140 g/mol. The van der Waals surface area contributed by atoms with Gasteiger partial charge in [0.15, 0.2) is 15.6 Å². The Labute approximate surface area is 502 Å². The van der Waals surface area contributed by atoms with Crippen LogP contribution in [0.3, 0.4) is 0 Å². The van der Waals surface area contributed by atoms with Crippen LogP contribution in [0.4, 0.5) is 51.7 Å². The molecule has 0 saturated heterocycles. The van der Waals surface area contributed by atoms with Crippen LogP contribution in [0.15, 0.2) is 124 Å². The van der Waals surface area contributed by atoms with E-state index in [9.17, 15) is 70.2 Å². The zero-order valence-electron chi connectivity index (χ0n) is 37.5. The Morgan fingerprint density at radius 3 is 1.64 bits per heavy atom. The number of phenols is 1. The van der Waals surface area contributed by atoms with Crippen molar-refractivity contribution in [2.75, 3.05) is 28.7 Å². The van der Waals surface area contributed by atoms with Gasteiger partial charge in [-0.25, -0.2) is 42.1 Å². The maximum Gasteiger partial charge on any atom is 1.00 e. The van der Waals surface area contributed by atoms with E-state index in [0.717, 1.165) is 49.4 Å². The van der Waals surface area contributed by atoms with Crippen LogP contribution in [-0.2, 0) is 59.8 Å². The predicted octanol–water partition coefficient (Wildman–Crippen LogP) is -7.75. The van der Waals surface area contributed by atoms with Gasteiger partial charge in [-0.05, 0) is 95.8 Å². The number of benzene rings is 5. The molecule has 0 atom stereocenters. The van der Waals surface area contributed by atoms with Crippen LogP contribution in [0.1, 0.15) is 6.92 Å². The average molecular weight is 1150 g/mol. The standard InChI is InChI=1S/C35H29ClN10O17S5.4Na/c1-17(47)63-12-13-64(49,50)22-7-2-19(3-8-22)38-34-40-33(36)41-35(42-34)39-21-6-11-25(66(54,55)56)24(16-21)44-46-31-27(68(60,61)62)15-18-14-26(67(57,58)59)30(29(37)28(18)32(31)48)45-43-20-4-9-23(10-5-20)65(51,52)53;;;;/h2-11,14-16,48H,12-13,37H2,1H3,(H,51,52,53)(H,54,55,56)(H,57,58,59)(H,60,61,62)(H2,38,39,40,41,42);;;;/q;4*+1/p-4. The van der Waals surface area contributed by atoms with Crippen molar-refractivity contribution in [1.29, 1.82) is 0 Å². The maximum atomic E-state index is 12.6. The van der Waals surface area contributed by atoms with Crippen molar-refractivity contribution < 1.29 is 193 Å². The first kappa shape index (κ1) is 65.2. The van der Waals surface area contributed by atoms with Crippen molar-refractivity contribution in [2.24, 2.45) is 20.5 Å². The number of halogens is 1. The number of nitrogens with zero attached hydrogens (tertiary/aromatic N) is 7. The number of carbonyl (C=O) groups is 1. The molecule has 0 radical (unpaired) electrons. The summed E-state index contributed by atoms with van der Waals surface area (Å²) in [6, 6.07) is 12.3. The smallest absolute Gasteiger partial charge is 0.744 e. The topological polar surface area (TPSA) is 448 Å². The molecule has 0 bridgehead atoms. The Hall–Kier alpha value is -2.88. The van der Waals surface area contributed by atoms with Gasteiger partial charge < -0.3 is 44.4 Å². The van der Waals surface area contributed by atoms with E-state index < -0.39 is 126 Å². The zero-order chi connectivity index (χ0) is 50.1. The number of nitrogens with one attached hydrogen (secondary N) is 2. The molecule has 0 aliphatic carbocycles. The molecule has 72 heavy (non-hydrogen) atoms. The molecule has 0 fully saturated rings. The second-order valence-electron chi connectivity index (χ2n) is 13.4. The number of hydrogen-bond acceptors (Lipinski definition) is 27. The second kappa shape index (κ2) is 25.8. The van der Waals surface area contributed by atoms with Crippen molar-refractivity contribution in [2.45, 2.75) is 31.4 Å². The molecule has 5 N–H and O–H groups in total. The van der Waals surface area contributed by atoms with Gasteiger partial charge in [0, 0.05) is 18.3 Å². The minimum absolute atomic E-state index is 0. The van der Waals surface area contributed by atoms with E-state index >= 15 is 0 Å². The van der Waals surface area contributed by atoms with Crippen molar-refractivity contribution in [3.05, 3.63) is 84.1 Å². The number of fused-ring (bicyclic) bond motifs is 1. The Morgan fingerprint density at radius 1 is 0.639 bits per heavy atom. The first-order valence-electron chi connectivity index (χ1n) is 18.0. The van der Waals surface area contributed by atoms with Gasteiger partial charge >= 0.3 is 124 Å². The summed E-state index contributed by atoms with van der Waals surface area (Å²) in [7, 11) is -25.5. The number of aromatic nitrogens is 3. The summed E-state index contributed by atoms with van der Waals surface area (Å²) >= 11 is 6.09. The van der Waals surface area contributed by atoms with Gasteiger partial charge in [-0.3, -0.25) is 4.79 Å². The molecule has 0 aliphatic heterocycles. The Balaban J connectivity index is 0.00000444. The molecular weight excluding hydrogens is 1120 g/mol. The third-order valence-electron chi connectivity index (χ3n) is 8.72. The van der Waals surface area contributed by atoms with Crippen LogP contribution < -0.4 is 135 Å². The van der Waals surface area contributed by atoms with E-state index in [2.05, 4.69) is 46.0 Å². The summed E-state index contributed by atoms with van der Waals surface area (Å²) in [5.41, 5.74) is 2.08. The van der Waals surface area contributed by atoms with Crippen molar-refractivity contribution in [3.8, 4) is 5.75 Å². The fraction of sp³-hybridized carbons (Fsp3) is 0.0857. The summed E-state index contributed by atoms with van der Waals surface area (Å²) in [5, 5.41) is 29.5. The number of aromatic hydroxyl groups is 1. The van der Waals surface area contributed by atoms with Crippen molar-refractivity contribution in [3.63, 3.8) is 0 Å². The summed E-state index contributed by atoms with van der Waals surface area (Å²) in [6.45, 7) is 0.764. The van der Waals surface area contributed by atoms with E-state index in [1.807, 2.05) is 0 Å². The largest absolute Gasteiger partial charge is 1.00 e.